The monoisotopic (exact) mass is 369 g/mol. The molecule has 0 saturated carbocycles. The third-order valence-corrected chi connectivity index (χ3v) is 3.37. The molecule has 0 heterocycles. The average Bonchev–Trinajstić information content (AvgIpc) is 2.47. The Morgan fingerprint density at radius 3 is 2.09 bits per heavy atom. The fraction of sp³-hybridized carbons (Fsp3) is 0.0625. The van der Waals surface area contributed by atoms with Gasteiger partial charge in [-0.3, -0.25) is 4.79 Å². The first kappa shape index (κ1) is 16.3. The second kappa shape index (κ2) is 6.79. The second-order valence-electron chi connectivity index (χ2n) is 4.40. The van der Waals surface area contributed by atoms with Gasteiger partial charge in [0.1, 0.15) is 0 Å². The van der Waals surface area contributed by atoms with Gasteiger partial charge in [0.25, 0.3) is 5.91 Å². The standard InChI is InChI=1S/C16H11BrF3NO/c17-13-8-6-12(7-9-13)15(22)21-10-14(16(18,19)20)11-4-2-1-3-5-11/h1-10H,(H,21,22). The maximum absolute atomic E-state index is 13.1. The van der Waals surface area contributed by atoms with Crippen molar-refractivity contribution in [3.63, 3.8) is 0 Å². The quantitative estimate of drug-likeness (QED) is 0.828. The van der Waals surface area contributed by atoms with Crippen LogP contribution in [0, 0.1) is 0 Å². The number of rotatable bonds is 3. The summed E-state index contributed by atoms with van der Waals surface area (Å²) in [6.45, 7) is 0. The van der Waals surface area contributed by atoms with Crippen molar-refractivity contribution in [2.24, 2.45) is 0 Å². The molecule has 0 aliphatic rings. The summed E-state index contributed by atoms with van der Waals surface area (Å²) in [5.74, 6) is -0.606. The fourth-order valence-electron chi connectivity index (χ4n) is 1.77. The maximum Gasteiger partial charge on any atom is 0.418 e. The van der Waals surface area contributed by atoms with E-state index in [1.165, 1.54) is 36.4 Å². The Bertz CT molecular complexity index is 679. The molecule has 0 aromatic heterocycles. The number of hydrogen-bond donors (Lipinski definition) is 1. The van der Waals surface area contributed by atoms with E-state index in [1.54, 1.807) is 18.2 Å². The van der Waals surface area contributed by atoms with E-state index < -0.39 is 17.7 Å². The summed E-state index contributed by atoms with van der Waals surface area (Å²) in [5, 5.41) is 2.19. The predicted molar refractivity (Wildman–Crippen MR) is 82.1 cm³/mol. The van der Waals surface area contributed by atoms with Crippen LogP contribution < -0.4 is 5.32 Å². The highest BCUT2D eigenvalue weighted by Gasteiger charge is 2.34. The van der Waals surface area contributed by atoms with Crippen molar-refractivity contribution in [1.82, 2.24) is 5.32 Å². The number of allylic oxidation sites excluding steroid dienone is 1. The van der Waals surface area contributed by atoms with Gasteiger partial charge in [-0.2, -0.15) is 13.2 Å². The molecule has 0 spiro atoms. The number of alkyl halides is 3. The SMILES string of the molecule is O=C(NC=C(c1ccccc1)C(F)(F)F)c1ccc(Br)cc1. The average molecular weight is 370 g/mol. The zero-order chi connectivity index (χ0) is 16.2. The van der Waals surface area contributed by atoms with Gasteiger partial charge in [0.05, 0.1) is 5.57 Å². The van der Waals surface area contributed by atoms with Crippen LogP contribution in [0.3, 0.4) is 0 Å². The highest BCUT2D eigenvalue weighted by atomic mass is 79.9. The van der Waals surface area contributed by atoms with Crippen LogP contribution >= 0.6 is 15.9 Å². The minimum absolute atomic E-state index is 0.00824. The lowest BCUT2D eigenvalue weighted by Crippen LogP contribution is -2.21. The number of carbonyl (C=O) groups excluding carboxylic acids is 1. The van der Waals surface area contributed by atoms with E-state index in [9.17, 15) is 18.0 Å². The van der Waals surface area contributed by atoms with Gasteiger partial charge in [-0.25, -0.2) is 0 Å². The zero-order valence-electron chi connectivity index (χ0n) is 11.2. The molecule has 2 nitrogen and oxygen atoms in total. The van der Waals surface area contributed by atoms with Crippen molar-refractivity contribution in [2.75, 3.05) is 0 Å². The van der Waals surface area contributed by atoms with Crippen LogP contribution in [0.1, 0.15) is 15.9 Å². The molecule has 2 aromatic carbocycles. The third-order valence-electron chi connectivity index (χ3n) is 2.84. The number of hydrogen-bond acceptors (Lipinski definition) is 1. The minimum atomic E-state index is -4.56. The summed E-state index contributed by atoms with van der Waals surface area (Å²) >= 11 is 3.22. The van der Waals surface area contributed by atoms with Crippen molar-refractivity contribution >= 4 is 27.4 Å². The van der Waals surface area contributed by atoms with Crippen LogP contribution in [0.15, 0.2) is 65.3 Å². The van der Waals surface area contributed by atoms with Crippen LogP contribution in [0.5, 0.6) is 0 Å². The predicted octanol–water partition coefficient (Wildman–Crippen LogP) is 4.78. The van der Waals surface area contributed by atoms with Gasteiger partial charge in [-0.05, 0) is 29.8 Å². The maximum atomic E-state index is 13.1. The van der Waals surface area contributed by atoms with Crippen LogP contribution in [0.4, 0.5) is 13.2 Å². The van der Waals surface area contributed by atoms with Crippen LogP contribution in [-0.2, 0) is 0 Å². The van der Waals surface area contributed by atoms with Crippen molar-refractivity contribution in [1.29, 1.82) is 0 Å². The second-order valence-corrected chi connectivity index (χ2v) is 5.32. The molecular weight excluding hydrogens is 359 g/mol. The summed E-state index contributed by atoms with van der Waals surface area (Å²) in [4.78, 5) is 11.9. The molecule has 2 rings (SSSR count). The molecule has 0 unspecified atom stereocenters. The minimum Gasteiger partial charge on any atom is -0.328 e. The van der Waals surface area contributed by atoms with Gasteiger partial charge in [0, 0.05) is 16.2 Å². The van der Waals surface area contributed by atoms with E-state index in [-0.39, 0.29) is 11.1 Å². The van der Waals surface area contributed by atoms with Crippen molar-refractivity contribution in [3.8, 4) is 0 Å². The smallest absolute Gasteiger partial charge is 0.328 e. The normalized spacial score (nSPS) is 12.1. The Labute approximate surface area is 133 Å². The molecule has 0 saturated heterocycles. The van der Waals surface area contributed by atoms with E-state index in [1.807, 2.05) is 0 Å². The highest BCUT2D eigenvalue weighted by Crippen LogP contribution is 2.33. The molecule has 1 amide bonds. The Hall–Kier alpha value is -2.08. The summed E-state index contributed by atoms with van der Waals surface area (Å²) in [5.41, 5.74) is -0.640. The van der Waals surface area contributed by atoms with E-state index in [2.05, 4.69) is 21.2 Å². The van der Waals surface area contributed by atoms with E-state index in [0.29, 0.717) is 6.20 Å². The number of amides is 1. The molecule has 6 heteroatoms. The first-order chi connectivity index (χ1) is 10.4. The lowest BCUT2D eigenvalue weighted by atomic mass is 10.1. The molecule has 22 heavy (non-hydrogen) atoms. The van der Waals surface area contributed by atoms with Gasteiger partial charge in [-0.15, -0.1) is 0 Å². The van der Waals surface area contributed by atoms with Gasteiger partial charge < -0.3 is 5.32 Å². The van der Waals surface area contributed by atoms with E-state index in [0.717, 1.165) is 4.47 Å². The van der Waals surface area contributed by atoms with Crippen LogP contribution in [0.2, 0.25) is 0 Å². The lowest BCUT2D eigenvalue weighted by molar-refractivity contribution is -0.0691. The van der Waals surface area contributed by atoms with Gasteiger partial charge in [0.15, 0.2) is 0 Å². The summed E-state index contributed by atoms with van der Waals surface area (Å²) < 4.78 is 40.0. The Morgan fingerprint density at radius 1 is 0.955 bits per heavy atom. The topological polar surface area (TPSA) is 29.1 Å². The molecule has 1 N–H and O–H groups in total. The molecule has 0 fully saturated rings. The zero-order valence-corrected chi connectivity index (χ0v) is 12.8. The number of nitrogens with one attached hydrogen (secondary N) is 1. The van der Waals surface area contributed by atoms with Gasteiger partial charge >= 0.3 is 6.18 Å². The first-order valence-electron chi connectivity index (χ1n) is 6.27. The molecular formula is C16H11BrF3NO. The fourth-order valence-corrected chi connectivity index (χ4v) is 2.03. The number of halogens is 4. The summed E-state index contributed by atoms with van der Waals surface area (Å²) in [6.07, 6.45) is -3.87. The number of carbonyl (C=O) groups is 1. The van der Waals surface area contributed by atoms with Gasteiger partial charge in [0.2, 0.25) is 0 Å². The first-order valence-corrected chi connectivity index (χ1v) is 7.06. The Kier molecular flexibility index (Phi) is 5.03. The highest BCUT2D eigenvalue weighted by molar-refractivity contribution is 9.10. The molecule has 0 atom stereocenters. The Balaban J connectivity index is 2.24. The van der Waals surface area contributed by atoms with Crippen LogP contribution in [-0.4, -0.2) is 12.1 Å². The van der Waals surface area contributed by atoms with Crippen molar-refractivity contribution in [2.45, 2.75) is 6.18 Å². The molecule has 0 bridgehead atoms. The van der Waals surface area contributed by atoms with Crippen molar-refractivity contribution < 1.29 is 18.0 Å². The molecule has 0 aliphatic carbocycles. The van der Waals surface area contributed by atoms with E-state index in [4.69, 9.17) is 0 Å². The number of benzene rings is 2. The largest absolute Gasteiger partial charge is 0.418 e. The summed E-state index contributed by atoms with van der Waals surface area (Å²) in [6, 6.07) is 13.6. The van der Waals surface area contributed by atoms with Gasteiger partial charge in [-0.1, -0.05) is 46.3 Å². The molecule has 0 aliphatic heterocycles. The third kappa shape index (κ3) is 4.21. The lowest BCUT2D eigenvalue weighted by Gasteiger charge is -2.12. The molecule has 2 aromatic rings. The summed E-state index contributed by atoms with van der Waals surface area (Å²) in [7, 11) is 0. The van der Waals surface area contributed by atoms with Crippen molar-refractivity contribution in [3.05, 3.63) is 76.4 Å². The molecule has 0 radical (unpaired) electrons. The van der Waals surface area contributed by atoms with E-state index >= 15 is 0 Å². The Morgan fingerprint density at radius 2 is 1.55 bits per heavy atom. The van der Waals surface area contributed by atoms with Crippen LogP contribution in [0.25, 0.3) is 5.57 Å². The molecule has 114 valence electrons.